The molecule has 4 heteroatoms. The lowest BCUT2D eigenvalue weighted by molar-refractivity contribution is 0.188. The molecule has 92 valence electrons. The molecule has 0 aliphatic heterocycles. The number of aromatic nitrogens is 2. The highest BCUT2D eigenvalue weighted by Gasteiger charge is 2.18. The highest BCUT2D eigenvalue weighted by molar-refractivity contribution is 5.81. The van der Waals surface area contributed by atoms with Crippen LogP contribution in [-0.4, -0.2) is 14.7 Å². The lowest BCUT2D eigenvalue weighted by Gasteiger charge is -2.02. The van der Waals surface area contributed by atoms with Gasteiger partial charge >= 0.3 is 0 Å². The zero-order chi connectivity index (χ0) is 12.7. The average molecular weight is 242 g/mol. The number of hydrogen-bond donors (Lipinski definition) is 1. The SMILES string of the molecule is Cc1cccc2cc(C(O)c3cn(C)cn3)oc12. The van der Waals surface area contributed by atoms with Crippen LogP contribution in [0.1, 0.15) is 23.1 Å². The molecule has 3 aromatic rings. The summed E-state index contributed by atoms with van der Waals surface area (Å²) in [6.45, 7) is 1.99. The van der Waals surface area contributed by atoms with Gasteiger partial charge in [0, 0.05) is 18.6 Å². The fourth-order valence-corrected chi connectivity index (χ4v) is 2.08. The molecule has 3 rings (SSSR count). The van der Waals surface area contributed by atoms with Crippen molar-refractivity contribution in [2.24, 2.45) is 7.05 Å². The third kappa shape index (κ3) is 1.71. The number of furan rings is 1. The Bertz CT molecular complexity index is 697. The first-order chi connectivity index (χ1) is 8.65. The van der Waals surface area contributed by atoms with Gasteiger partial charge in [-0.3, -0.25) is 0 Å². The largest absolute Gasteiger partial charge is 0.458 e. The van der Waals surface area contributed by atoms with Crippen molar-refractivity contribution in [3.05, 3.63) is 53.8 Å². The minimum absolute atomic E-state index is 0.526. The molecule has 1 N–H and O–H groups in total. The molecule has 0 fully saturated rings. The predicted molar refractivity (Wildman–Crippen MR) is 68.2 cm³/mol. The number of aliphatic hydroxyl groups is 1. The van der Waals surface area contributed by atoms with Crippen LogP contribution in [0.4, 0.5) is 0 Å². The van der Waals surface area contributed by atoms with Crippen molar-refractivity contribution in [1.82, 2.24) is 9.55 Å². The van der Waals surface area contributed by atoms with Gasteiger partial charge in [-0.15, -0.1) is 0 Å². The zero-order valence-corrected chi connectivity index (χ0v) is 10.3. The maximum absolute atomic E-state index is 10.2. The minimum atomic E-state index is -0.821. The number of imidazole rings is 1. The van der Waals surface area contributed by atoms with Crippen molar-refractivity contribution >= 4 is 11.0 Å². The third-order valence-corrected chi connectivity index (χ3v) is 3.03. The van der Waals surface area contributed by atoms with Crippen LogP contribution in [0.25, 0.3) is 11.0 Å². The Morgan fingerprint density at radius 2 is 2.22 bits per heavy atom. The smallest absolute Gasteiger partial charge is 0.155 e. The van der Waals surface area contributed by atoms with Crippen molar-refractivity contribution in [1.29, 1.82) is 0 Å². The van der Waals surface area contributed by atoms with Gasteiger partial charge in [0.05, 0.1) is 12.0 Å². The number of para-hydroxylation sites is 1. The average Bonchev–Trinajstić information content (AvgIpc) is 2.95. The molecule has 1 aromatic carbocycles. The summed E-state index contributed by atoms with van der Waals surface area (Å²) < 4.78 is 7.52. The van der Waals surface area contributed by atoms with Crippen molar-refractivity contribution in [3.63, 3.8) is 0 Å². The van der Waals surface area contributed by atoms with Crippen LogP contribution < -0.4 is 0 Å². The second-order valence-electron chi connectivity index (χ2n) is 4.51. The molecule has 2 heterocycles. The lowest BCUT2D eigenvalue weighted by Crippen LogP contribution is -1.97. The van der Waals surface area contributed by atoms with E-state index in [1.165, 1.54) is 0 Å². The fraction of sp³-hybridized carbons (Fsp3) is 0.214. The number of aliphatic hydroxyl groups excluding tert-OH is 1. The minimum Gasteiger partial charge on any atom is -0.458 e. The van der Waals surface area contributed by atoms with Crippen molar-refractivity contribution in [2.45, 2.75) is 13.0 Å². The second-order valence-corrected chi connectivity index (χ2v) is 4.51. The van der Waals surface area contributed by atoms with Crippen LogP contribution in [0.15, 0.2) is 41.2 Å². The van der Waals surface area contributed by atoms with E-state index in [1.54, 1.807) is 17.1 Å². The van der Waals surface area contributed by atoms with Crippen LogP contribution in [0.2, 0.25) is 0 Å². The summed E-state index contributed by atoms with van der Waals surface area (Å²) in [6.07, 6.45) is 2.62. The molecule has 0 saturated carbocycles. The molecule has 1 atom stereocenters. The Morgan fingerprint density at radius 1 is 1.39 bits per heavy atom. The molecule has 1 unspecified atom stereocenters. The van der Waals surface area contributed by atoms with E-state index in [0.717, 1.165) is 16.5 Å². The summed E-state index contributed by atoms with van der Waals surface area (Å²) in [6, 6.07) is 7.80. The molecule has 18 heavy (non-hydrogen) atoms. The summed E-state index contributed by atoms with van der Waals surface area (Å²) in [5, 5.41) is 11.2. The zero-order valence-electron chi connectivity index (χ0n) is 10.3. The maximum atomic E-state index is 10.2. The number of rotatable bonds is 2. The van der Waals surface area contributed by atoms with Crippen LogP contribution in [0.3, 0.4) is 0 Å². The van der Waals surface area contributed by atoms with Gasteiger partial charge in [0.25, 0.3) is 0 Å². The van der Waals surface area contributed by atoms with Crippen molar-refractivity contribution in [3.8, 4) is 0 Å². The Morgan fingerprint density at radius 3 is 2.89 bits per heavy atom. The van der Waals surface area contributed by atoms with E-state index < -0.39 is 6.10 Å². The van der Waals surface area contributed by atoms with Gasteiger partial charge in [0.15, 0.2) is 6.10 Å². The Kier molecular flexibility index (Phi) is 2.45. The number of hydrogen-bond acceptors (Lipinski definition) is 3. The van der Waals surface area contributed by atoms with E-state index in [1.807, 2.05) is 38.2 Å². The van der Waals surface area contributed by atoms with Crippen LogP contribution in [-0.2, 0) is 7.05 Å². The number of aryl methyl sites for hydroxylation is 2. The van der Waals surface area contributed by atoms with Crippen molar-refractivity contribution in [2.75, 3.05) is 0 Å². The van der Waals surface area contributed by atoms with Gasteiger partial charge in [-0.25, -0.2) is 4.98 Å². The van der Waals surface area contributed by atoms with Gasteiger partial charge in [-0.1, -0.05) is 18.2 Å². The van der Waals surface area contributed by atoms with E-state index >= 15 is 0 Å². The first-order valence-corrected chi connectivity index (χ1v) is 5.80. The second kappa shape index (κ2) is 3.99. The number of nitrogens with zero attached hydrogens (tertiary/aromatic N) is 2. The van der Waals surface area contributed by atoms with E-state index in [0.29, 0.717) is 11.5 Å². The highest BCUT2D eigenvalue weighted by Crippen LogP contribution is 2.28. The molecule has 2 aromatic heterocycles. The summed E-state index contributed by atoms with van der Waals surface area (Å²) >= 11 is 0. The van der Waals surface area contributed by atoms with E-state index in [-0.39, 0.29) is 0 Å². The maximum Gasteiger partial charge on any atom is 0.155 e. The Labute approximate surface area is 104 Å². The molecule has 0 radical (unpaired) electrons. The molecular formula is C14H14N2O2. The molecule has 0 saturated heterocycles. The Hall–Kier alpha value is -2.07. The monoisotopic (exact) mass is 242 g/mol. The highest BCUT2D eigenvalue weighted by atomic mass is 16.4. The van der Waals surface area contributed by atoms with E-state index in [4.69, 9.17) is 4.42 Å². The van der Waals surface area contributed by atoms with Crippen LogP contribution in [0.5, 0.6) is 0 Å². The normalized spacial score (nSPS) is 13.1. The number of benzene rings is 1. The van der Waals surface area contributed by atoms with Gasteiger partial charge in [0.1, 0.15) is 11.3 Å². The van der Waals surface area contributed by atoms with Crippen molar-refractivity contribution < 1.29 is 9.52 Å². The van der Waals surface area contributed by atoms with Gasteiger partial charge in [0.2, 0.25) is 0 Å². The van der Waals surface area contributed by atoms with E-state index in [2.05, 4.69) is 4.98 Å². The first kappa shape index (κ1) is 11.0. The molecule has 0 aliphatic rings. The number of fused-ring (bicyclic) bond motifs is 1. The molecule has 0 amide bonds. The van der Waals surface area contributed by atoms with Gasteiger partial charge in [-0.2, -0.15) is 0 Å². The van der Waals surface area contributed by atoms with Crippen LogP contribution in [0, 0.1) is 6.92 Å². The molecule has 0 spiro atoms. The molecular weight excluding hydrogens is 228 g/mol. The van der Waals surface area contributed by atoms with Gasteiger partial charge < -0.3 is 14.1 Å². The third-order valence-electron chi connectivity index (χ3n) is 3.03. The fourth-order valence-electron chi connectivity index (χ4n) is 2.08. The summed E-state index contributed by atoms with van der Waals surface area (Å²) in [5.41, 5.74) is 2.48. The molecule has 4 nitrogen and oxygen atoms in total. The lowest BCUT2D eigenvalue weighted by atomic mass is 10.1. The summed E-state index contributed by atoms with van der Waals surface area (Å²) in [7, 11) is 1.87. The predicted octanol–water partition coefficient (Wildman–Crippen LogP) is 2.56. The standard InChI is InChI=1S/C14H14N2O2/c1-9-4-3-5-10-6-12(18-14(9)10)13(17)11-7-16(2)8-15-11/h3-8,13,17H,1-2H3. The summed E-state index contributed by atoms with van der Waals surface area (Å²) in [5.74, 6) is 0.526. The Balaban J connectivity index is 2.06. The van der Waals surface area contributed by atoms with E-state index in [9.17, 15) is 5.11 Å². The first-order valence-electron chi connectivity index (χ1n) is 5.80. The quantitative estimate of drug-likeness (QED) is 0.751. The van der Waals surface area contributed by atoms with Crippen LogP contribution >= 0.6 is 0 Å². The summed E-state index contributed by atoms with van der Waals surface area (Å²) in [4.78, 5) is 4.14. The molecule has 0 bridgehead atoms. The topological polar surface area (TPSA) is 51.2 Å². The molecule has 0 aliphatic carbocycles. The van der Waals surface area contributed by atoms with Gasteiger partial charge in [-0.05, 0) is 18.6 Å².